The fourth-order valence-corrected chi connectivity index (χ4v) is 3.38. The maximum Gasteiger partial charge on any atom is 0.258 e. The lowest BCUT2D eigenvalue weighted by Crippen LogP contribution is -2.30. The molecule has 26 heavy (non-hydrogen) atoms. The molecular formula is C20H20NO5. The molecule has 2 heterocycles. The number of hydrogen-bond donors (Lipinski definition) is 0. The van der Waals surface area contributed by atoms with Gasteiger partial charge in [-0.1, -0.05) is 6.07 Å². The highest BCUT2D eigenvalue weighted by atomic mass is 16.7. The highest BCUT2D eigenvalue weighted by molar-refractivity contribution is 5.98. The van der Waals surface area contributed by atoms with Gasteiger partial charge in [-0.25, -0.2) is 0 Å². The third-order valence-electron chi connectivity index (χ3n) is 4.74. The highest BCUT2D eigenvalue weighted by Crippen LogP contribution is 2.37. The predicted octanol–water partition coefficient (Wildman–Crippen LogP) is 2.84. The predicted molar refractivity (Wildman–Crippen MR) is 94.9 cm³/mol. The lowest BCUT2D eigenvalue weighted by molar-refractivity contribution is 0.0796. The Balaban J connectivity index is 1.58. The van der Waals surface area contributed by atoms with Gasteiger partial charge in [0.25, 0.3) is 5.91 Å². The molecule has 4 rings (SSSR count). The summed E-state index contributed by atoms with van der Waals surface area (Å²) in [5.41, 5.74) is 2.82. The van der Waals surface area contributed by atoms with E-state index in [2.05, 4.69) is 0 Å². The Labute approximate surface area is 152 Å². The van der Waals surface area contributed by atoms with E-state index < -0.39 is 0 Å². The smallest absolute Gasteiger partial charge is 0.258 e. The van der Waals surface area contributed by atoms with Crippen molar-refractivity contribution in [2.75, 3.05) is 27.6 Å². The normalized spacial score (nSPS) is 15.2. The van der Waals surface area contributed by atoms with Crippen LogP contribution in [0.4, 0.5) is 0 Å². The third kappa shape index (κ3) is 2.81. The number of carbonyl (C=O) groups is 1. The van der Waals surface area contributed by atoms with Gasteiger partial charge in [-0.05, 0) is 48.2 Å². The summed E-state index contributed by atoms with van der Waals surface area (Å²) in [5.74, 6) is 2.44. The number of methoxy groups -OCH3 is 2. The van der Waals surface area contributed by atoms with Crippen LogP contribution in [0.2, 0.25) is 0 Å². The minimum atomic E-state index is -0.103. The first-order chi connectivity index (χ1) is 12.7. The molecule has 0 fully saturated rings. The number of fused-ring (bicyclic) bond motifs is 2. The van der Waals surface area contributed by atoms with Crippen LogP contribution in [0.25, 0.3) is 0 Å². The molecule has 6 heteroatoms. The maximum absolute atomic E-state index is 13.1. The lowest BCUT2D eigenvalue weighted by Gasteiger charge is -2.21. The second-order valence-corrected chi connectivity index (χ2v) is 6.15. The molecule has 2 aromatic rings. The average molecular weight is 354 g/mol. The van der Waals surface area contributed by atoms with Crippen molar-refractivity contribution in [3.8, 4) is 23.0 Å². The standard InChI is InChI=1S/C20H20NO5/c1-23-16-5-3-4-15(19(16)24-2)20(22)21-8-6-13-10-17-18(26-12-25-17)11-14(13)7-9-21/h3-5,8,10-11H,6-7,9,12H2,1-2H3. The lowest BCUT2D eigenvalue weighted by atomic mass is 10.0. The summed E-state index contributed by atoms with van der Waals surface area (Å²) in [4.78, 5) is 14.8. The molecule has 135 valence electrons. The minimum Gasteiger partial charge on any atom is -0.493 e. The Hall–Kier alpha value is -2.89. The highest BCUT2D eigenvalue weighted by Gasteiger charge is 2.26. The number of amides is 1. The molecule has 0 atom stereocenters. The Morgan fingerprint density at radius 2 is 1.85 bits per heavy atom. The molecule has 2 aromatic carbocycles. The van der Waals surface area contributed by atoms with E-state index in [0.29, 0.717) is 30.0 Å². The summed E-state index contributed by atoms with van der Waals surface area (Å²) >= 11 is 0. The molecule has 1 radical (unpaired) electrons. The van der Waals surface area contributed by atoms with Gasteiger partial charge in [0, 0.05) is 6.54 Å². The molecular weight excluding hydrogens is 334 g/mol. The van der Waals surface area contributed by atoms with Crippen LogP contribution in [0.1, 0.15) is 21.5 Å². The van der Waals surface area contributed by atoms with Gasteiger partial charge in [-0.3, -0.25) is 4.79 Å². The van der Waals surface area contributed by atoms with E-state index in [-0.39, 0.29) is 12.7 Å². The van der Waals surface area contributed by atoms with Crippen LogP contribution in [0.5, 0.6) is 23.0 Å². The summed E-state index contributed by atoms with van der Waals surface area (Å²) in [5, 5.41) is 0. The molecule has 0 saturated carbocycles. The van der Waals surface area contributed by atoms with Crippen molar-refractivity contribution in [1.29, 1.82) is 0 Å². The molecule has 0 unspecified atom stereocenters. The quantitative estimate of drug-likeness (QED) is 0.848. The van der Waals surface area contributed by atoms with E-state index in [1.807, 2.05) is 18.7 Å². The fourth-order valence-electron chi connectivity index (χ4n) is 3.38. The molecule has 0 spiro atoms. The van der Waals surface area contributed by atoms with E-state index >= 15 is 0 Å². The molecule has 6 nitrogen and oxygen atoms in total. The molecule has 2 aliphatic heterocycles. The van der Waals surface area contributed by atoms with Gasteiger partial charge >= 0.3 is 0 Å². The topological polar surface area (TPSA) is 57.2 Å². The number of ether oxygens (including phenoxy) is 4. The average Bonchev–Trinajstić information content (AvgIpc) is 3.03. The van der Waals surface area contributed by atoms with Crippen molar-refractivity contribution < 1.29 is 23.7 Å². The van der Waals surface area contributed by atoms with Gasteiger partial charge in [-0.15, -0.1) is 0 Å². The maximum atomic E-state index is 13.1. The Bertz CT molecular complexity index is 813. The van der Waals surface area contributed by atoms with Crippen molar-refractivity contribution in [2.24, 2.45) is 0 Å². The zero-order chi connectivity index (χ0) is 18.1. The Morgan fingerprint density at radius 3 is 2.58 bits per heavy atom. The first-order valence-corrected chi connectivity index (χ1v) is 8.48. The second-order valence-electron chi connectivity index (χ2n) is 6.15. The van der Waals surface area contributed by atoms with Gasteiger partial charge in [0.15, 0.2) is 23.0 Å². The van der Waals surface area contributed by atoms with Crippen LogP contribution in [0.15, 0.2) is 30.3 Å². The van der Waals surface area contributed by atoms with Crippen LogP contribution in [-0.2, 0) is 12.8 Å². The zero-order valence-electron chi connectivity index (χ0n) is 14.8. The van der Waals surface area contributed by atoms with Crippen LogP contribution in [-0.4, -0.2) is 38.4 Å². The van der Waals surface area contributed by atoms with Crippen LogP contribution in [0, 0.1) is 6.54 Å². The molecule has 0 aromatic heterocycles. The first-order valence-electron chi connectivity index (χ1n) is 8.48. The number of para-hydroxylation sites is 1. The van der Waals surface area contributed by atoms with Gasteiger partial charge in [0.2, 0.25) is 6.79 Å². The van der Waals surface area contributed by atoms with E-state index in [9.17, 15) is 4.79 Å². The number of benzene rings is 2. The molecule has 1 amide bonds. The summed E-state index contributed by atoms with van der Waals surface area (Å²) < 4.78 is 21.6. The van der Waals surface area contributed by atoms with E-state index in [0.717, 1.165) is 23.5 Å². The van der Waals surface area contributed by atoms with Crippen molar-refractivity contribution in [3.05, 3.63) is 53.6 Å². The van der Waals surface area contributed by atoms with Crippen molar-refractivity contribution in [3.63, 3.8) is 0 Å². The summed E-state index contributed by atoms with van der Waals surface area (Å²) in [7, 11) is 3.10. The Morgan fingerprint density at radius 1 is 1.08 bits per heavy atom. The number of hydrogen-bond acceptors (Lipinski definition) is 5. The molecule has 0 saturated heterocycles. The van der Waals surface area contributed by atoms with Crippen LogP contribution >= 0.6 is 0 Å². The summed E-state index contributed by atoms with van der Waals surface area (Å²) in [6, 6.07) is 9.35. The summed E-state index contributed by atoms with van der Waals surface area (Å²) in [6.45, 7) is 2.78. The number of carbonyl (C=O) groups excluding carboxylic acids is 1. The molecule has 0 aliphatic carbocycles. The van der Waals surface area contributed by atoms with Crippen molar-refractivity contribution in [1.82, 2.24) is 4.90 Å². The first kappa shape index (κ1) is 16.6. The SMILES string of the molecule is COc1cccc(C(=O)N2[CH]Cc3cc4c(cc3CC2)OCO4)c1OC. The van der Waals surface area contributed by atoms with Crippen molar-refractivity contribution >= 4 is 5.91 Å². The van der Waals surface area contributed by atoms with E-state index in [1.165, 1.54) is 12.7 Å². The van der Waals surface area contributed by atoms with Gasteiger partial charge in [0.1, 0.15) is 0 Å². The van der Waals surface area contributed by atoms with Crippen molar-refractivity contribution in [2.45, 2.75) is 12.8 Å². The van der Waals surface area contributed by atoms with Gasteiger partial charge < -0.3 is 23.8 Å². The zero-order valence-corrected chi connectivity index (χ0v) is 14.8. The minimum absolute atomic E-state index is 0.103. The third-order valence-corrected chi connectivity index (χ3v) is 4.74. The van der Waals surface area contributed by atoms with Crippen LogP contribution < -0.4 is 18.9 Å². The Kier molecular flexibility index (Phi) is 4.32. The molecule has 0 bridgehead atoms. The molecule has 2 aliphatic rings. The van der Waals surface area contributed by atoms with Crippen LogP contribution in [0.3, 0.4) is 0 Å². The van der Waals surface area contributed by atoms with E-state index in [4.69, 9.17) is 18.9 Å². The van der Waals surface area contributed by atoms with Gasteiger partial charge in [0.05, 0.1) is 26.3 Å². The summed E-state index contributed by atoms with van der Waals surface area (Å²) in [6.07, 6.45) is 1.41. The molecule has 0 N–H and O–H groups in total. The largest absolute Gasteiger partial charge is 0.493 e. The second kappa shape index (κ2) is 6.78. The number of nitrogens with zero attached hydrogens (tertiary/aromatic N) is 1. The van der Waals surface area contributed by atoms with E-state index in [1.54, 1.807) is 30.2 Å². The van der Waals surface area contributed by atoms with Gasteiger partial charge in [-0.2, -0.15) is 0 Å². The fraction of sp³-hybridized carbons (Fsp3) is 0.300. The monoisotopic (exact) mass is 354 g/mol. The number of rotatable bonds is 3.